The van der Waals surface area contributed by atoms with Gasteiger partial charge in [-0.15, -0.1) is 10.2 Å². The maximum absolute atomic E-state index is 12.0. The maximum Gasteiger partial charge on any atom is 0.239 e. The summed E-state index contributed by atoms with van der Waals surface area (Å²) in [6.45, 7) is 4.45. The highest BCUT2D eigenvalue weighted by molar-refractivity contribution is 5.91. The molecule has 4 rings (SSSR count). The third kappa shape index (κ3) is 2.61. The number of carbonyl (C=O) groups is 1. The molecule has 0 aromatic carbocycles. The van der Waals surface area contributed by atoms with Crippen LogP contribution in [0.15, 0.2) is 10.6 Å². The fraction of sp³-hybridized carbons (Fsp3) is 0.571. The number of hydrogen-bond donors (Lipinski definition) is 1. The van der Waals surface area contributed by atoms with Crippen LogP contribution in [0.3, 0.4) is 0 Å². The fourth-order valence-electron chi connectivity index (χ4n) is 2.82. The highest BCUT2D eigenvalue weighted by Crippen LogP contribution is 2.39. The fourth-order valence-corrected chi connectivity index (χ4v) is 2.82. The van der Waals surface area contributed by atoms with Crippen molar-refractivity contribution in [3.63, 3.8) is 0 Å². The first-order valence-corrected chi connectivity index (χ1v) is 7.56. The van der Waals surface area contributed by atoms with E-state index in [1.165, 1.54) is 12.8 Å². The Morgan fingerprint density at radius 1 is 1.41 bits per heavy atom. The summed E-state index contributed by atoms with van der Waals surface area (Å²) in [5.41, 5.74) is 0. The number of fused-ring (bicyclic) bond motifs is 1. The van der Waals surface area contributed by atoms with Gasteiger partial charge in [0.15, 0.2) is 5.82 Å². The van der Waals surface area contributed by atoms with Crippen LogP contribution >= 0.6 is 0 Å². The molecule has 8 nitrogen and oxygen atoms in total. The van der Waals surface area contributed by atoms with Gasteiger partial charge in [-0.3, -0.25) is 9.69 Å². The summed E-state index contributed by atoms with van der Waals surface area (Å²) in [6.07, 6.45) is 2.45. The Morgan fingerprint density at radius 2 is 2.27 bits per heavy atom. The molecule has 0 radical (unpaired) electrons. The number of rotatable bonds is 4. The highest BCUT2D eigenvalue weighted by Gasteiger charge is 2.32. The van der Waals surface area contributed by atoms with E-state index in [-0.39, 0.29) is 5.91 Å². The van der Waals surface area contributed by atoms with E-state index in [0.29, 0.717) is 30.6 Å². The van der Waals surface area contributed by atoms with E-state index in [9.17, 15) is 4.79 Å². The lowest BCUT2D eigenvalue weighted by molar-refractivity contribution is -0.117. The second-order valence-electron chi connectivity index (χ2n) is 5.98. The van der Waals surface area contributed by atoms with Crippen LogP contribution in [0.4, 0.5) is 5.82 Å². The molecule has 2 aromatic rings. The van der Waals surface area contributed by atoms with Crippen LogP contribution in [0.25, 0.3) is 0 Å². The quantitative estimate of drug-likeness (QED) is 0.903. The third-order valence-corrected chi connectivity index (χ3v) is 4.07. The number of hydrogen-bond acceptors (Lipinski definition) is 6. The van der Waals surface area contributed by atoms with Crippen LogP contribution in [0.1, 0.15) is 36.2 Å². The lowest BCUT2D eigenvalue weighted by atomic mass is 10.3. The Labute approximate surface area is 127 Å². The monoisotopic (exact) mass is 302 g/mol. The van der Waals surface area contributed by atoms with Gasteiger partial charge in [0.05, 0.1) is 13.1 Å². The zero-order valence-electron chi connectivity index (χ0n) is 12.4. The number of nitrogens with zero attached hydrogens (tertiary/aromatic N) is 5. The lowest BCUT2D eigenvalue weighted by Crippen LogP contribution is -2.39. The molecule has 0 unspecified atom stereocenters. The van der Waals surface area contributed by atoms with E-state index in [1.54, 1.807) is 13.0 Å². The van der Waals surface area contributed by atoms with Crippen LogP contribution in [-0.4, -0.2) is 43.8 Å². The topological polar surface area (TPSA) is 89.1 Å². The zero-order chi connectivity index (χ0) is 15.1. The summed E-state index contributed by atoms with van der Waals surface area (Å²) in [5, 5.41) is 15.1. The molecular formula is C14H18N6O2. The first kappa shape index (κ1) is 13.4. The van der Waals surface area contributed by atoms with Crippen LogP contribution in [0.2, 0.25) is 0 Å². The van der Waals surface area contributed by atoms with Crippen molar-refractivity contribution in [3.8, 4) is 0 Å². The summed E-state index contributed by atoms with van der Waals surface area (Å²) >= 11 is 0. The van der Waals surface area contributed by atoms with Gasteiger partial charge in [0.25, 0.3) is 0 Å². The second kappa shape index (κ2) is 5.20. The first-order valence-electron chi connectivity index (χ1n) is 7.56. The van der Waals surface area contributed by atoms with Crippen LogP contribution < -0.4 is 5.32 Å². The molecule has 2 aliphatic rings. The molecule has 1 saturated carbocycles. The standard InChI is InChI=1S/C14H18N6O2/c1-9-6-11(18-22-9)15-13(21)8-19-4-5-20-12(7-19)16-17-14(20)10-2-3-10/h6,10H,2-5,7-8H2,1H3,(H,15,18,21). The van der Waals surface area contributed by atoms with Gasteiger partial charge in [-0.1, -0.05) is 5.16 Å². The van der Waals surface area contributed by atoms with E-state index in [4.69, 9.17) is 4.52 Å². The van der Waals surface area contributed by atoms with Gasteiger partial charge in [0, 0.05) is 25.1 Å². The van der Waals surface area contributed by atoms with E-state index in [0.717, 1.165) is 24.7 Å². The van der Waals surface area contributed by atoms with Gasteiger partial charge in [0.1, 0.15) is 17.4 Å². The maximum atomic E-state index is 12.0. The van der Waals surface area contributed by atoms with Gasteiger partial charge in [0.2, 0.25) is 5.91 Å². The number of carbonyl (C=O) groups excluding carboxylic acids is 1. The van der Waals surface area contributed by atoms with E-state index in [1.807, 2.05) is 0 Å². The smallest absolute Gasteiger partial charge is 0.239 e. The molecule has 0 spiro atoms. The van der Waals surface area contributed by atoms with Crippen molar-refractivity contribution in [2.24, 2.45) is 0 Å². The van der Waals surface area contributed by atoms with Gasteiger partial charge in [-0.05, 0) is 19.8 Å². The van der Waals surface area contributed by atoms with Gasteiger partial charge in [-0.25, -0.2) is 0 Å². The number of anilines is 1. The molecule has 1 aliphatic heterocycles. The summed E-state index contributed by atoms with van der Waals surface area (Å²) in [5.74, 6) is 3.72. The van der Waals surface area contributed by atoms with Crippen molar-refractivity contribution in [1.29, 1.82) is 0 Å². The van der Waals surface area contributed by atoms with E-state index in [2.05, 4.69) is 30.1 Å². The van der Waals surface area contributed by atoms with Crippen molar-refractivity contribution in [1.82, 2.24) is 24.8 Å². The van der Waals surface area contributed by atoms with Gasteiger partial charge < -0.3 is 14.4 Å². The normalized spacial score (nSPS) is 18.2. The van der Waals surface area contributed by atoms with Crippen LogP contribution in [0.5, 0.6) is 0 Å². The number of nitrogens with one attached hydrogen (secondary N) is 1. The Morgan fingerprint density at radius 3 is 3.00 bits per heavy atom. The average molecular weight is 302 g/mol. The van der Waals surface area contributed by atoms with Crippen molar-refractivity contribution in [2.45, 2.75) is 38.8 Å². The molecule has 2 aromatic heterocycles. The molecule has 116 valence electrons. The Balaban J connectivity index is 1.37. The predicted octanol–water partition coefficient (Wildman–Crippen LogP) is 0.906. The molecule has 1 aliphatic carbocycles. The Hall–Kier alpha value is -2.22. The largest absolute Gasteiger partial charge is 0.360 e. The van der Waals surface area contributed by atoms with E-state index < -0.39 is 0 Å². The summed E-state index contributed by atoms with van der Waals surface area (Å²) in [7, 11) is 0. The predicted molar refractivity (Wildman–Crippen MR) is 77.1 cm³/mol. The summed E-state index contributed by atoms with van der Waals surface area (Å²) < 4.78 is 7.15. The van der Waals surface area contributed by atoms with Gasteiger partial charge in [-0.2, -0.15) is 0 Å². The van der Waals surface area contributed by atoms with Crippen molar-refractivity contribution in [2.75, 3.05) is 18.4 Å². The molecule has 22 heavy (non-hydrogen) atoms. The number of aryl methyl sites for hydroxylation is 1. The number of aromatic nitrogens is 4. The molecule has 0 bridgehead atoms. The molecule has 0 atom stereocenters. The van der Waals surface area contributed by atoms with Crippen molar-refractivity contribution >= 4 is 11.7 Å². The SMILES string of the molecule is Cc1cc(NC(=O)CN2CCn3c(nnc3C3CC3)C2)no1. The summed E-state index contributed by atoms with van der Waals surface area (Å²) in [6, 6.07) is 1.70. The number of amides is 1. The highest BCUT2D eigenvalue weighted by atomic mass is 16.5. The first-order chi connectivity index (χ1) is 10.7. The van der Waals surface area contributed by atoms with Crippen molar-refractivity contribution in [3.05, 3.63) is 23.5 Å². The molecule has 1 amide bonds. The molecule has 0 saturated heterocycles. The third-order valence-electron chi connectivity index (χ3n) is 4.07. The lowest BCUT2D eigenvalue weighted by Gasteiger charge is -2.26. The molecule has 3 heterocycles. The average Bonchev–Trinajstić information content (AvgIpc) is 3.12. The minimum Gasteiger partial charge on any atom is -0.360 e. The Kier molecular flexibility index (Phi) is 3.18. The molecule has 1 fully saturated rings. The van der Waals surface area contributed by atoms with Gasteiger partial charge >= 0.3 is 0 Å². The van der Waals surface area contributed by atoms with Crippen LogP contribution in [-0.2, 0) is 17.9 Å². The summed E-state index contributed by atoms with van der Waals surface area (Å²) in [4.78, 5) is 14.1. The Bertz CT molecular complexity index is 702. The molecule has 1 N–H and O–H groups in total. The molecule has 8 heteroatoms. The minimum absolute atomic E-state index is 0.0938. The molecular weight excluding hydrogens is 284 g/mol. The van der Waals surface area contributed by atoms with E-state index >= 15 is 0 Å². The zero-order valence-corrected chi connectivity index (χ0v) is 12.4. The minimum atomic E-state index is -0.0938. The van der Waals surface area contributed by atoms with Crippen LogP contribution in [0, 0.1) is 6.92 Å². The van der Waals surface area contributed by atoms with Crippen molar-refractivity contribution < 1.29 is 9.32 Å². The second-order valence-corrected chi connectivity index (χ2v) is 5.98.